The van der Waals surface area contributed by atoms with Crippen molar-refractivity contribution in [2.75, 3.05) is 14.2 Å². The van der Waals surface area contributed by atoms with Gasteiger partial charge in [-0.1, -0.05) is 18.5 Å². The molecule has 2 aromatic rings. The number of ether oxygens (including phenoxy) is 2. The Morgan fingerprint density at radius 1 is 1.38 bits per heavy atom. The first-order valence-corrected chi connectivity index (χ1v) is 7.36. The van der Waals surface area contributed by atoms with Crippen LogP contribution < -0.4 is 9.47 Å². The van der Waals surface area contributed by atoms with Gasteiger partial charge in [0.2, 0.25) is 0 Å². The lowest BCUT2D eigenvalue weighted by molar-refractivity contribution is 0.0692. The number of halogens is 1. The molecule has 21 heavy (non-hydrogen) atoms. The number of carboxylic acid groups (broad SMARTS) is 1. The predicted octanol–water partition coefficient (Wildman–Crippen LogP) is 3.74. The predicted molar refractivity (Wildman–Crippen MR) is 82.0 cm³/mol. The van der Waals surface area contributed by atoms with Crippen molar-refractivity contribution in [1.82, 2.24) is 4.98 Å². The number of aryl methyl sites for hydroxylation is 1. The molecule has 1 aromatic carbocycles. The van der Waals surface area contributed by atoms with Crippen LogP contribution in [0.15, 0.2) is 12.1 Å². The van der Waals surface area contributed by atoms with Crippen LogP contribution in [0.3, 0.4) is 0 Å². The fraction of sp³-hybridized carbons (Fsp3) is 0.286. The van der Waals surface area contributed by atoms with Crippen LogP contribution in [-0.2, 0) is 6.42 Å². The minimum absolute atomic E-state index is 0.00553. The molecule has 0 aliphatic rings. The maximum absolute atomic E-state index is 11.4. The van der Waals surface area contributed by atoms with Crippen LogP contribution in [0.4, 0.5) is 0 Å². The quantitative estimate of drug-likeness (QED) is 0.906. The van der Waals surface area contributed by atoms with Gasteiger partial charge in [-0.2, -0.15) is 0 Å². The Bertz CT molecular complexity index is 684. The lowest BCUT2D eigenvalue weighted by Gasteiger charge is -2.12. The third-order valence-corrected chi connectivity index (χ3v) is 4.51. The second-order valence-corrected chi connectivity index (χ2v) is 5.57. The van der Waals surface area contributed by atoms with E-state index in [4.69, 9.17) is 21.1 Å². The molecule has 1 N–H and O–H groups in total. The number of carbonyl (C=O) groups is 1. The van der Waals surface area contributed by atoms with Crippen LogP contribution in [0, 0.1) is 0 Å². The van der Waals surface area contributed by atoms with Crippen molar-refractivity contribution in [3.05, 3.63) is 27.9 Å². The molecule has 0 atom stereocenters. The second kappa shape index (κ2) is 6.32. The van der Waals surface area contributed by atoms with Crippen molar-refractivity contribution < 1.29 is 19.4 Å². The molecule has 0 bridgehead atoms. The number of carboxylic acids is 1. The number of aromatic carboxylic acids is 1. The van der Waals surface area contributed by atoms with Gasteiger partial charge in [0, 0.05) is 5.56 Å². The molecule has 0 spiro atoms. The standard InChI is InChI=1S/C14H14ClNO4S/c1-4-9-16-11(14(17)18)13(21-9)7-5-6-8(19-2)12(20-3)10(7)15/h5-6H,4H2,1-3H3,(H,17,18). The highest BCUT2D eigenvalue weighted by Crippen LogP contribution is 2.44. The average molecular weight is 328 g/mol. The van der Waals surface area contributed by atoms with E-state index in [-0.39, 0.29) is 5.69 Å². The highest BCUT2D eigenvalue weighted by molar-refractivity contribution is 7.15. The van der Waals surface area contributed by atoms with Crippen LogP contribution in [0.25, 0.3) is 10.4 Å². The van der Waals surface area contributed by atoms with Gasteiger partial charge >= 0.3 is 5.97 Å². The Morgan fingerprint density at radius 3 is 2.62 bits per heavy atom. The Kier molecular flexibility index (Phi) is 4.69. The molecule has 5 nitrogen and oxygen atoms in total. The largest absolute Gasteiger partial charge is 0.493 e. The summed E-state index contributed by atoms with van der Waals surface area (Å²) in [5.74, 6) is -0.213. The number of benzene rings is 1. The van der Waals surface area contributed by atoms with Gasteiger partial charge < -0.3 is 14.6 Å². The Hall–Kier alpha value is -1.79. The van der Waals surface area contributed by atoms with E-state index in [0.29, 0.717) is 33.4 Å². The normalized spacial score (nSPS) is 10.5. The van der Waals surface area contributed by atoms with Gasteiger partial charge in [0.1, 0.15) is 0 Å². The molecule has 0 fully saturated rings. The SMILES string of the molecule is CCc1nc(C(=O)O)c(-c2ccc(OC)c(OC)c2Cl)s1. The lowest BCUT2D eigenvalue weighted by Crippen LogP contribution is -2.00. The minimum atomic E-state index is -1.08. The number of aromatic nitrogens is 1. The van der Waals surface area contributed by atoms with E-state index in [9.17, 15) is 9.90 Å². The molecule has 0 aliphatic heterocycles. The van der Waals surface area contributed by atoms with Gasteiger partial charge in [-0.3, -0.25) is 0 Å². The van der Waals surface area contributed by atoms with Crippen molar-refractivity contribution in [1.29, 1.82) is 0 Å². The second-order valence-electron chi connectivity index (χ2n) is 4.11. The van der Waals surface area contributed by atoms with Gasteiger partial charge in [0.05, 0.1) is 29.1 Å². The van der Waals surface area contributed by atoms with E-state index in [0.717, 1.165) is 5.01 Å². The number of rotatable bonds is 5. The zero-order valence-corrected chi connectivity index (χ0v) is 13.3. The summed E-state index contributed by atoms with van der Waals surface area (Å²) >= 11 is 7.65. The first kappa shape index (κ1) is 15.6. The van der Waals surface area contributed by atoms with E-state index in [1.807, 2.05) is 6.92 Å². The maximum Gasteiger partial charge on any atom is 0.356 e. The summed E-state index contributed by atoms with van der Waals surface area (Å²) in [6.07, 6.45) is 0.663. The van der Waals surface area contributed by atoms with Crippen LogP contribution in [-0.4, -0.2) is 30.3 Å². The lowest BCUT2D eigenvalue weighted by atomic mass is 10.1. The van der Waals surface area contributed by atoms with Crippen molar-refractivity contribution in [3.8, 4) is 21.9 Å². The summed E-state index contributed by atoms with van der Waals surface area (Å²) in [7, 11) is 2.99. The summed E-state index contributed by atoms with van der Waals surface area (Å²) in [5, 5.41) is 10.4. The number of methoxy groups -OCH3 is 2. The van der Waals surface area contributed by atoms with Crippen molar-refractivity contribution >= 4 is 28.9 Å². The summed E-state index contributed by atoms with van der Waals surface area (Å²) < 4.78 is 10.4. The summed E-state index contributed by atoms with van der Waals surface area (Å²) in [6.45, 7) is 1.92. The molecule has 0 saturated heterocycles. The molecule has 2 rings (SSSR count). The number of nitrogens with zero attached hydrogens (tertiary/aromatic N) is 1. The van der Waals surface area contributed by atoms with Crippen molar-refractivity contribution in [2.45, 2.75) is 13.3 Å². The number of hydrogen-bond donors (Lipinski definition) is 1. The summed E-state index contributed by atoms with van der Waals surface area (Å²) in [4.78, 5) is 16.0. The molecule has 0 aliphatic carbocycles. The smallest absolute Gasteiger partial charge is 0.356 e. The molecule has 1 heterocycles. The molecule has 0 amide bonds. The Morgan fingerprint density at radius 2 is 2.10 bits per heavy atom. The van der Waals surface area contributed by atoms with Gasteiger partial charge in [-0.15, -0.1) is 11.3 Å². The van der Waals surface area contributed by atoms with Gasteiger partial charge in [-0.05, 0) is 18.6 Å². The third kappa shape index (κ3) is 2.82. The topological polar surface area (TPSA) is 68.7 Å². The van der Waals surface area contributed by atoms with Crippen LogP contribution in [0.1, 0.15) is 22.4 Å². The molecule has 112 valence electrons. The zero-order valence-electron chi connectivity index (χ0n) is 11.8. The average Bonchev–Trinajstić information content (AvgIpc) is 2.91. The van der Waals surface area contributed by atoms with Crippen LogP contribution >= 0.6 is 22.9 Å². The first-order valence-electron chi connectivity index (χ1n) is 6.17. The van der Waals surface area contributed by atoms with E-state index in [1.165, 1.54) is 25.6 Å². The number of thiazole rings is 1. The van der Waals surface area contributed by atoms with E-state index < -0.39 is 5.97 Å². The zero-order chi connectivity index (χ0) is 15.6. The first-order chi connectivity index (χ1) is 10.0. The van der Waals surface area contributed by atoms with Crippen LogP contribution in [0.5, 0.6) is 11.5 Å². The van der Waals surface area contributed by atoms with Crippen LogP contribution in [0.2, 0.25) is 5.02 Å². The molecular weight excluding hydrogens is 314 g/mol. The molecular formula is C14H14ClNO4S. The Labute approximate surface area is 131 Å². The number of hydrogen-bond acceptors (Lipinski definition) is 5. The summed E-state index contributed by atoms with van der Waals surface area (Å²) in [5.41, 5.74) is 0.579. The Balaban J connectivity index is 2.67. The third-order valence-electron chi connectivity index (χ3n) is 2.91. The van der Waals surface area contributed by atoms with Gasteiger partial charge in [-0.25, -0.2) is 9.78 Å². The van der Waals surface area contributed by atoms with Crippen molar-refractivity contribution in [3.63, 3.8) is 0 Å². The van der Waals surface area contributed by atoms with E-state index in [2.05, 4.69) is 4.98 Å². The molecule has 0 unspecified atom stereocenters. The van der Waals surface area contributed by atoms with E-state index >= 15 is 0 Å². The minimum Gasteiger partial charge on any atom is -0.493 e. The molecule has 0 saturated carbocycles. The van der Waals surface area contributed by atoms with Gasteiger partial charge in [0.25, 0.3) is 0 Å². The van der Waals surface area contributed by atoms with Crippen molar-refractivity contribution in [2.24, 2.45) is 0 Å². The molecule has 7 heteroatoms. The molecule has 0 radical (unpaired) electrons. The monoisotopic (exact) mass is 327 g/mol. The molecule has 1 aromatic heterocycles. The highest BCUT2D eigenvalue weighted by Gasteiger charge is 2.23. The van der Waals surface area contributed by atoms with E-state index in [1.54, 1.807) is 12.1 Å². The fourth-order valence-corrected chi connectivity index (χ4v) is 3.32. The highest BCUT2D eigenvalue weighted by atomic mass is 35.5. The maximum atomic E-state index is 11.4. The fourth-order valence-electron chi connectivity index (χ4n) is 1.91. The van der Waals surface area contributed by atoms with Gasteiger partial charge in [0.15, 0.2) is 17.2 Å². The summed E-state index contributed by atoms with van der Waals surface area (Å²) in [6, 6.07) is 3.40.